The minimum absolute atomic E-state index is 0.152. The predicted octanol–water partition coefficient (Wildman–Crippen LogP) is -0.941. The van der Waals surface area contributed by atoms with E-state index in [4.69, 9.17) is 5.73 Å². The van der Waals surface area contributed by atoms with E-state index >= 15 is 0 Å². The molecule has 112 valence electrons. The number of nitrogens with zero attached hydrogens (tertiary/aromatic N) is 4. The molecule has 8 heteroatoms. The number of hydrogen-bond donors (Lipinski definition) is 1. The maximum absolute atomic E-state index is 12.5. The van der Waals surface area contributed by atoms with Crippen molar-refractivity contribution < 1.29 is 14.4 Å². The van der Waals surface area contributed by atoms with Crippen molar-refractivity contribution in [2.24, 2.45) is 5.73 Å². The Morgan fingerprint density at radius 1 is 1.33 bits per heavy atom. The summed E-state index contributed by atoms with van der Waals surface area (Å²) in [6.07, 6.45) is 1.32. The van der Waals surface area contributed by atoms with Gasteiger partial charge in [0.15, 0.2) is 5.69 Å². The van der Waals surface area contributed by atoms with E-state index in [-0.39, 0.29) is 17.5 Å². The van der Waals surface area contributed by atoms with Crippen LogP contribution in [0.1, 0.15) is 33.8 Å². The summed E-state index contributed by atoms with van der Waals surface area (Å²) in [6, 6.07) is 0.922. The standard InChI is InChI=1S/C13H17N5O3/c1-16-5-6-18-10(13(16)21)7-8(15-18)12(20)17-4-2-3-9(17)11(14)19/h7,9H,2-6H2,1H3,(H2,14,19)/t9-/m0/s1. The quantitative estimate of drug-likeness (QED) is 0.759. The fourth-order valence-electron chi connectivity index (χ4n) is 2.86. The molecular weight excluding hydrogens is 274 g/mol. The average Bonchev–Trinajstić information content (AvgIpc) is 3.08. The van der Waals surface area contributed by atoms with Crippen LogP contribution in [0.2, 0.25) is 0 Å². The zero-order valence-corrected chi connectivity index (χ0v) is 11.8. The molecule has 2 aliphatic heterocycles. The van der Waals surface area contributed by atoms with Crippen LogP contribution in [0.15, 0.2) is 6.07 Å². The smallest absolute Gasteiger partial charge is 0.275 e. The molecule has 0 spiro atoms. The van der Waals surface area contributed by atoms with E-state index in [1.165, 1.54) is 11.0 Å². The molecule has 0 saturated carbocycles. The maximum atomic E-state index is 12.5. The average molecular weight is 291 g/mol. The van der Waals surface area contributed by atoms with Crippen LogP contribution in [-0.4, -0.2) is 63.5 Å². The van der Waals surface area contributed by atoms with Crippen LogP contribution in [-0.2, 0) is 11.3 Å². The Morgan fingerprint density at radius 3 is 2.81 bits per heavy atom. The molecule has 1 aromatic heterocycles. The fourth-order valence-corrected chi connectivity index (χ4v) is 2.86. The van der Waals surface area contributed by atoms with Gasteiger partial charge in [0.05, 0.1) is 6.54 Å². The van der Waals surface area contributed by atoms with Crippen LogP contribution in [0, 0.1) is 0 Å². The molecule has 0 aromatic carbocycles. The van der Waals surface area contributed by atoms with Crippen molar-refractivity contribution in [1.29, 1.82) is 0 Å². The summed E-state index contributed by atoms with van der Waals surface area (Å²) in [4.78, 5) is 38.9. The highest BCUT2D eigenvalue weighted by molar-refractivity contribution is 5.99. The molecule has 0 unspecified atom stereocenters. The van der Waals surface area contributed by atoms with Crippen LogP contribution in [0.3, 0.4) is 0 Å². The highest BCUT2D eigenvalue weighted by Gasteiger charge is 2.35. The number of primary amides is 1. The second-order valence-electron chi connectivity index (χ2n) is 5.42. The van der Waals surface area contributed by atoms with Gasteiger partial charge in [0.25, 0.3) is 11.8 Å². The van der Waals surface area contributed by atoms with Gasteiger partial charge in [-0.2, -0.15) is 5.10 Å². The second-order valence-corrected chi connectivity index (χ2v) is 5.42. The summed E-state index contributed by atoms with van der Waals surface area (Å²) in [5, 5.41) is 4.20. The van der Waals surface area contributed by atoms with Gasteiger partial charge in [0, 0.05) is 26.2 Å². The number of nitrogens with two attached hydrogens (primary N) is 1. The largest absolute Gasteiger partial charge is 0.368 e. The molecule has 0 aliphatic carbocycles. The van der Waals surface area contributed by atoms with Crippen LogP contribution < -0.4 is 5.73 Å². The maximum Gasteiger partial charge on any atom is 0.275 e. The van der Waals surface area contributed by atoms with Gasteiger partial charge in [-0.3, -0.25) is 19.1 Å². The van der Waals surface area contributed by atoms with Gasteiger partial charge in [0.1, 0.15) is 11.7 Å². The first-order valence-corrected chi connectivity index (χ1v) is 6.92. The molecular formula is C13H17N5O3. The first kappa shape index (κ1) is 13.6. The van der Waals surface area contributed by atoms with E-state index in [1.54, 1.807) is 16.6 Å². The lowest BCUT2D eigenvalue weighted by Gasteiger charge is -2.22. The minimum Gasteiger partial charge on any atom is -0.368 e. The topological polar surface area (TPSA) is 102 Å². The van der Waals surface area contributed by atoms with Gasteiger partial charge in [-0.05, 0) is 12.8 Å². The van der Waals surface area contributed by atoms with E-state index < -0.39 is 11.9 Å². The molecule has 1 aromatic rings. The van der Waals surface area contributed by atoms with Crippen LogP contribution >= 0.6 is 0 Å². The Labute approximate surface area is 121 Å². The van der Waals surface area contributed by atoms with Crippen molar-refractivity contribution in [3.05, 3.63) is 17.5 Å². The fraction of sp³-hybridized carbons (Fsp3) is 0.538. The Morgan fingerprint density at radius 2 is 2.10 bits per heavy atom. The molecule has 3 heterocycles. The number of carbonyl (C=O) groups is 3. The third kappa shape index (κ3) is 2.16. The highest BCUT2D eigenvalue weighted by atomic mass is 16.2. The molecule has 1 saturated heterocycles. The lowest BCUT2D eigenvalue weighted by Crippen LogP contribution is -2.43. The molecule has 2 N–H and O–H groups in total. The SMILES string of the molecule is CN1CCn2nc(C(=O)N3CCC[C@H]3C(N)=O)cc2C1=O. The third-order valence-electron chi connectivity index (χ3n) is 4.05. The number of rotatable bonds is 2. The van der Waals surface area contributed by atoms with Gasteiger partial charge in [0.2, 0.25) is 5.91 Å². The number of hydrogen-bond acceptors (Lipinski definition) is 4. The molecule has 21 heavy (non-hydrogen) atoms. The summed E-state index contributed by atoms with van der Waals surface area (Å²) in [5.41, 5.74) is 5.92. The number of aromatic nitrogens is 2. The Balaban J connectivity index is 1.88. The van der Waals surface area contributed by atoms with Crippen molar-refractivity contribution in [2.75, 3.05) is 20.1 Å². The summed E-state index contributed by atoms with van der Waals surface area (Å²) in [5.74, 6) is -0.991. The first-order valence-electron chi connectivity index (χ1n) is 6.92. The normalized spacial score (nSPS) is 21.6. The number of amides is 3. The molecule has 0 radical (unpaired) electrons. The van der Waals surface area contributed by atoms with E-state index in [0.29, 0.717) is 31.7 Å². The van der Waals surface area contributed by atoms with Crippen molar-refractivity contribution in [3.63, 3.8) is 0 Å². The van der Waals surface area contributed by atoms with Gasteiger partial charge >= 0.3 is 0 Å². The molecule has 1 atom stereocenters. The Kier molecular flexibility index (Phi) is 3.15. The highest BCUT2D eigenvalue weighted by Crippen LogP contribution is 2.21. The number of likely N-dealkylation sites (N-methyl/N-ethyl adjacent to an activating group) is 1. The predicted molar refractivity (Wildman–Crippen MR) is 72.4 cm³/mol. The Bertz CT molecular complexity index is 623. The third-order valence-corrected chi connectivity index (χ3v) is 4.05. The lowest BCUT2D eigenvalue weighted by molar-refractivity contribution is -0.121. The van der Waals surface area contributed by atoms with Gasteiger partial charge in [-0.25, -0.2) is 0 Å². The molecule has 0 bridgehead atoms. The summed E-state index contributed by atoms with van der Waals surface area (Å²) in [7, 11) is 1.71. The first-order chi connectivity index (χ1) is 9.99. The summed E-state index contributed by atoms with van der Waals surface area (Å²) < 4.78 is 1.55. The molecule has 3 amide bonds. The molecule has 2 aliphatic rings. The second kappa shape index (κ2) is 4.87. The number of fused-ring (bicyclic) bond motifs is 1. The summed E-state index contributed by atoms with van der Waals surface area (Å²) >= 11 is 0. The van der Waals surface area contributed by atoms with Crippen LogP contribution in [0.4, 0.5) is 0 Å². The zero-order valence-electron chi connectivity index (χ0n) is 11.8. The van der Waals surface area contributed by atoms with Gasteiger partial charge in [-0.1, -0.05) is 0 Å². The molecule has 3 rings (SSSR count). The van der Waals surface area contributed by atoms with Gasteiger partial charge < -0.3 is 15.5 Å². The van der Waals surface area contributed by atoms with Crippen LogP contribution in [0.25, 0.3) is 0 Å². The van der Waals surface area contributed by atoms with Gasteiger partial charge in [-0.15, -0.1) is 0 Å². The van der Waals surface area contributed by atoms with E-state index in [0.717, 1.165) is 6.42 Å². The zero-order chi connectivity index (χ0) is 15.1. The van der Waals surface area contributed by atoms with E-state index in [2.05, 4.69) is 5.10 Å². The van der Waals surface area contributed by atoms with Crippen molar-refractivity contribution in [3.8, 4) is 0 Å². The molecule has 1 fully saturated rings. The lowest BCUT2D eigenvalue weighted by atomic mass is 10.2. The molecule has 8 nitrogen and oxygen atoms in total. The van der Waals surface area contributed by atoms with E-state index in [9.17, 15) is 14.4 Å². The van der Waals surface area contributed by atoms with E-state index in [1.807, 2.05) is 0 Å². The monoisotopic (exact) mass is 291 g/mol. The van der Waals surface area contributed by atoms with Crippen molar-refractivity contribution >= 4 is 17.7 Å². The number of carbonyl (C=O) groups excluding carboxylic acids is 3. The minimum atomic E-state index is -0.574. The van der Waals surface area contributed by atoms with Crippen molar-refractivity contribution in [2.45, 2.75) is 25.4 Å². The number of likely N-dealkylation sites (tertiary alicyclic amines) is 1. The van der Waals surface area contributed by atoms with Crippen molar-refractivity contribution in [1.82, 2.24) is 19.6 Å². The van der Waals surface area contributed by atoms with Crippen LogP contribution in [0.5, 0.6) is 0 Å². The summed E-state index contributed by atoms with van der Waals surface area (Å²) in [6.45, 7) is 1.61. The Hall–Kier alpha value is -2.38.